The second kappa shape index (κ2) is 6.51. The maximum absolute atomic E-state index is 10.4. The number of aromatic nitrogens is 2. The average molecular weight is 336 g/mol. The lowest BCUT2D eigenvalue weighted by molar-refractivity contribution is -0.646. The van der Waals surface area contributed by atoms with Gasteiger partial charge >= 0.3 is 5.65 Å². The molecule has 3 rings (SSSR count). The van der Waals surface area contributed by atoms with E-state index in [9.17, 15) is 13.0 Å². The molecule has 0 aliphatic rings. The van der Waals surface area contributed by atoms with Crippen molar-refractivity contribution in [2.24, 2.45) is 7.05 Å². The molecule has 3 aromatic rings. The molecule has 0 atom stereocenters. The standard InChI is InChI=1S/C8H9N2S.C7H8O3S/c1-6-9-8-7(11-6)4-3-5-10(8)2;1-6-2-4-7(5-3-6)11(8,9)10/h3-5H,1-2H3;2-5H,1H3,(H,8,9,10)/q+1;/p-1. The van der Waals surface area contributed by atoms with Crippen LogP contribution in [0.25, 0.3) is 10.3 Å². The van der Waals surface area contributed by atoms with Gasteiger partial charge in [-0.15, -0.1) is 0 Å². The third-order valence-electron chi connectivity index (χ3n) is 2.94. The van der Waals surface area contributed by atoms with Gasteiger partial charge in [0, 0.05) is 6.92 Å². The van der Waals surface area contributed by atoms with E-state index in [2.05, 4.69) is 11.1 Å². The molecule has 2 aromatic heterocycles. The summed E-state index contributed by atoms with van der Waals surface area (Å²) in [5, 5.41) is 1.13. The first kappa shape index (κ1) is 16.5. The molecular formula is C15H16N2O3S2. The van der Waals surface area contributed by atoms with Gasteiger partial charge in [0.2, 0.25) is 5.01 Å². The van der Waals surface area contributed by atoms with Crippen LogP contribution < -0.4 is 4.57 Å². The quantitative estimate of drug-likeness (QED) is 0.505. The number of benzene rings is 1. The van der Waals surface area contributed by atoms with Crippen molar-refractivity contribution in [2.45, 2.75) is 18.7 Å². The van der Waals surface area contributed by atoms with Crippen molar-refractivity contribution in [1.29, 1.82) is 0 Å². The van der Waals surface area contributed by atoms with E-state index in [1.54, 1.807) is 23.5 Å². The van der Waals surface area contributed by atoms with Crippen LogP contribution in [0.3, 0.4) is 0 Å². The van der Waals surface area contributed by atoms with Crippen molar-refractivity contribution in [3.05, 3.63) is 53.2 Å². The molecule has 0 amide bonds. The van der Waals surface area contributed by atoms with Gasteiger partial charge in [-0.3, -0.25) is 0 Å². The summed E-state index contributed by atoms with van der Waals surface area (Å²) in [6.45, 7) is 3.85. The summed E-state index contributed by atoms with van der Waals surface area (Å²) in [5.41, 5.74) is 2.01. The summed E-state index contributed by atoms with van der Waals surface area (Å²) >= 11 is 1.73. The highest BCUT2D eigenvalue weighted by molar-refractivity contribution is 7.85. The van der Waals surface area contributed by atoms with E-state index in [-0.39, 0.29) is 4.90 Å². The highest BCUT2D eigenvalue weighted by atomic mass is 32.2. The molecular weight excluding hydrogens is 320 g/mol. The van der Waals surface area contributed by atoms with E-state index in [1.807, 2.05) is 37.7 Å². The third-order valence-corrected chi connectivity index (χ3v) is 4.72. The van der Waals surface area contributed by atoms with E-state index >= 15 is 0 Å². The molecule has 116 valence electrons. The van der Waals surface area contributed by atoms with E-state index in [0.29, 0.717) is 0 Å². The van der Waals surface area contributed by atoms with Crippen LogP contribution in [0, 0.1) is 13.8 Å². The number of aryl methyl sites for hydroxylation is 3. The fourth-order valence-corrected chi connectivity index (χ4v) is 3.18. The Labute approximate surface area is 133 Å². The lowest BCUT2D eigenvalue weighted by Gasteiger charge is -2.05. The smallest absolute Gasteiger partial charge is 0.341 e. The summed E-state index contributed by atoms with van der Waals surface area (Å²) in [7, 11) is -2.25. The molecule has 5 nitrogen and oxygen atoms in total. The Bertz CT molecular complexity index is 885. The zero-order valence-corrected chi connectivity index (χ0v) is 14.1. The van der Waals surface area contributed by atoms with E-state index in [0.717, 1.165) is 16.2 Å². The number of pyridine rings is 1. The van der Waals surface area contributed by atoms with Crippen LogP contribution in [-0.4, -0.2) is 18.0 Å². The summed E-state index contributed by atoms with van der Waals surface area (Å²) in [6, 6.07) is 9.92. The number of hydrogen-bond acceptors (Lipinski definition) is 5. The van der Waals surface area contributed by atoms with Gasteiger partial charge in [0.25, 0.3) is 0 Å². The van der Waals surface area contributed by atoms with Crippen molar-refractivity contribution < 1.29 is 17.5 Å². The lowest BCUT2D eigenvalue weighted by atomic mass is 10.2. The Morgan fingerprint density at radius 1 is 1.14 bits per heavy atom. The topological polar surface area (TPSA) is 74.0 Å². The number of fused-ring (bicyclic) bond motifs is 1. The summed E-state index contributed by atoms with van der Waals surface area (Å²) in [4.78, 5) is 4.22. The molecule has 0 spiro atoms. The van der Waals surface area contributed by atoms with Crippen molar-refractivity contribution >= 4 is 31.8 Å². The van der Waals surface area contributed by atoms with Crippen molar-refractivity contribution in [3.8, 4) is 0 Å². The molecule has 22 heavy (non-hydrogen) atoms. The SMILES string of the molecule is Cc1ccc(S(=O)(=O)[O-])cc1.Cc1nc2c(ccc[n+]2C)s1. The molecule has 0 bridgehead atoms. The first-order chi connectivity index (χ1) is 10.3. The Balaban J connectivity index is 0.000000160. The molecule has 0 N–H and O–H groups in total. The van der Waals surface area contributed by atoms with Crippen molar-refractivity contribution in [3.63, 3.8) is 0 Å². The largest absolute Gasteiger partial charge is 0.744 e. The maximum atomic E-state index is 10.4. The highest BCUT2D eigenvalue weighted by Crippen LogP contribution is 2.16. The Morgan fingerprint density at radius 3 is 2.32 bits per heavy atom. The van der Waals surface area contributed by atoms with Crippen LogP contribution in [0.2, 0.25) is 0 Å². The summed E-state index contributed by atoms with van der Waals surface area (Å²) < 4.78 is 34.5. The molecule has 0 radical (unpaired) electrons. The van der Waals surface area contributed by atoms with Gasteiger partial charge < -0.3 is 4.55 Å². The normalized spacial score (nSPS) is 11.1. The predicted molar refractivity (Wildman–Crippen MR) is 84.7 cm³/mol. The van der Waals surface area contributed by atoms with Gasteiger partial charge in [-0.05, 0) is 36.2 Å². The minimum atomic E-state index is -4.27. The highest BCUT2D eigenvalue weighted by Gasteiger charge is 2.10. The lowest BCUT2D eigenvalue weighted by Crippen LogP contribution is -2.27. The van der Waals surface area contributed by atoms with Gasteiger partial charge in [0.05, 0.1) is 18.1 Å². The number of hydrogen-bond donors (Lipinski definition) is 0. The molecule has 0 saturated heterocycles. The Morgan fingerprint density at radius 2 is 1.77 bits per heavy atom. The zero-order chi connectivity index (χ0) is 16.3. The fraction of sp³-hybridized carbons (Fsp3) is 0.200. The minimum absolute atomic E-state index is 0.178. The first-order valence-corrected chi connectivity index (χ1v) is 8.74. The van der Waals surface area contributed by atoms with Crippen LogP contribution >= 0.6 is 11.3 Å². The Hall–Kier alpha value is -1.83. The first-order valence-electron chi connectivity index (χ1n) is 6.52. The summed E-state index contributed by atoms with van der Waals surface area (Å²) in [6.07, 6.45) is 2.02. The molecule has 0 fully saturated rings. The second-order valence-electron chi connectivity index (χ2n) is 4.81. The molecule has 0 unspecified atom stereocenters. The molecule has 0 aliphatic carbocycles. The van der Waals surface area contributed by atoms with Gasteiger partial charge in [-0.2, -0.15) is 0 Å². The zero-order valence-electron chi connectivity index (χ0n) is 12.5. The summed E-state index contributed by atoms with van der Waals surface area (Å²) in [5.74, 6) is 0. The minimum Gasteiger partial charge on any atom is -0.744 e. The van der Waals surface area contributed by atoms with Crippen LogP contribution in [0.15, 0.2) is 47.5 Å². The maximum Gasteiger partial charge on any atom is 0.341 e. The predicted octanol–water partition coefficient (Wildman–Crippen LogP) is 2.33. The number of thiazole rings is 1. The van der Waals surface area contributed by atoms with Crippen LogP contribution in [0.5, 0.6) is 0 Å². The van der Waals surface area contributed by atoms with Crippen LogP contribution in [0.4, 0.5) is 0 Å². The Kier molecular flexibility index (Phi) is 4.90. The second-order valence-corrected chi connectivity index (χ2v) is 7.42. The van der Waals surface area contributed by atoms with Gasteiger partial charge in [0.1, 0.15) is 14.8 Å². The molecule has 1 aromatic carbocycles. The molecule has 0 saturated carbocycles. The van der Waals surface area contributed by atoms with Gasteiger partial charge in [0.15, 0.2) is 0 Å². The van der Waals surface area contributed by atoms with Gasteiger partial charge in [-0.25, -0.2) is 13.0 Å². The van der Waals surface area contributed by atoms with E-state index in [1.165, 1.54) is 16.8 Å². The average Bonchev–Trinajstić information content (AvgIpc) is 2.81. The third kappa shape index (κ3) is 4.09. The van der Waals surface area contributed by atoms with Crippen LogP contribution in [-0.2, 0) is 17.2 Å². The number of rotatable bonds is 1. The van der Waals surface area contributed by atoms with E-state index < -0.39 is 10.1 Å². The van der Waals surface area contributed by atoms with Gasteiger partial charge in [-0.1, -0.05) is 29.0 Å². The van der Waals surface area contributed by atoms with Crippen molar-refractivity contribution in [2.75, 3.05) is 0 Å². The van der Waals surface area contributed by atoms with Crippen molar-refractivity contribution in [1.82, 2.24) is 4.98 Å². The monoisotopic (exact) mass is 336 g/mol. The fourth-order valence-electron chi connectivity index (χ4n) is 1.83. The number of nitrogens with zero attached hydrogens (tertiary/aromatic N) is 2. The molecule has 0 aliphatic heterocycles. The van der Waals surface area contributed by atoms with E-state index in [4.69, 9.17) is 0 Å². The molecule has 7 heteroatoms. The molecule has 2 heterocycles. The van der Waals surface area contributed by atoms with Crippen LogP contribution in [0.1, 0.15) is 10.6 Å².